The molecule has 4 heteroatoms. The predicted octanol–water partition coefficient (Wildman–Crippen LogP) is 2.34. The third-order valence-electron chi connectivity index (χ3n) is 2.51. The molecule has 16 heavy (non-hydrogen) atoms. The molecule has 0 aromatic heterocycles. The Morgan fingerprint density at radius 1 is 1.50 bits per heavy atom. The zero-order valence-electron chi connectivity index (χ0n) is 9.82. The monoisotopic (exact) mass is 226 g/mol. The Bertz CT molecular complexity index is 361. The van der Waals surface area contributed by atoms with Crippen LogP contribution in [0.15, 0.2) is 34.8 Å². The lowest BCUT2D eigenvalue weighted by atomic mass is 9.95. The van der Waals surface area contributed by atoms with Gasteiger partial charge in [0.05, 0.1) is 6.42 Å². The Morgan fingerprint density at radius 3 is 2.56 bits per heavy atom. The molecule has 4 nitrogen and oxygen atoms in total. The highest BCUT2D eigenvalue weighted by Crippen LogP contribution is 2.31. The molecule has 90 valence electrons. The van der Waals surface area contributed by atoms with Crippen LogP contribution >= 0.6 is 0 Å². The van der Waals surface area contributed by atoms with Crippen LogP contribution in [0.3, 0.4) is 0 Å². The number of hydrogen-bond donors (Lipinski definition) is 3. The molecule has 0 fully saturated rings. The van der Waals surface area contributed by atoms with E-state index in [1.807, 2.05) is 19.9 Å². The van der Waals surface area contributed by atoms with Crippen molar-refractivity contribution < 1.29 is 20.1 Å². The van der Waals surface area contributed by atoms with Crippen molar-refractivity contribution in [3.8, 4) is 0 Å². The van der Waals surface area contributed by atoms with E-state index in [2.05, 4.69) is 0 Å². The highest BCUT2D eigenvalue weighted by Gasteiger charge is 2.32. The second-order valence-electron chi connectivity index (χ2n) is 4.17. The smallest absolute Gasteiger partial charge is 0.195 e. The molecule has 0 saturated carbocycles. The zero-order valence-corrected chi connectivity index (χ0v) is 9.82. The van der Waals surface area contributed by atoms with Crippen molar-refractivity contribution in [1.82, 2.24) is 0 Å². The van der Waals surface area contributed by atoms with Gasteiger partial charge in [-0.05, 0) is 20.3 Å². The second-order valence-corrected chi connectivity index (χ2v) is 4.17. The summed E-state index contributed by atoms with van der Waals surface area (Å²) in [6.45, 7) is 3.87. The minimum atomic E-state index is -1.61. The Labute approximate surface area is 95.2 Å². The number of methoxy groups -OCH3 is 1. The molecule has 1 rings (SSSR count). The maximum atomic E-state index is 9.75. The van der Waals surface area contributed by atoms with Gasteiger partial charge in [0.2, 0.25) is 0 Å². The summed E-state index contributed by atoms with van der Waals surface area (Å²) in [6, 6.07) is 0. The molecule has 1 aliphatic carbocycles. The number of aliphatic hydroxyl groups is 3. The Balaban J connectivity index is 2.92. The van der Waals surface area contributed by atoms with E-state index in [1.54, 1.807) is 0 Å². The van der Waals surface area contributed by atoms with Crippen molar-refractivity contribution in [3.05, 3.63) is 34.8 Å². The summed E-state index contributed by atoms with van der Waals surface area (Å²) in [7, 11) is 1.32. The molecule has 1 aliphatic rings. The van der Waals surface area contributed by atoms with E-state index in [4.69, 9.17) is 4.74 Å². The molecule has 0 aliphatic heterocycles. The molecule has 0 aromatic rings. The van der Waals surface area contributed by atoms with Crippen LogP contribution in [-0.4, -0.2) is 28.2 Å². The lowest BCUT2D eigenvalue weighted by Gasteiger charge is -2.27. The predicted molar refractivity (Wildman–Crippen MR) is 61.0 cm³/mol. The molecule has 1 unspecified atom stereocenters. The van der Waals surface area contributed by atoms with E-state index in [-0.39, 0.29) is 17.9 Å². The minimum Gasteiger partial charge on any atom is -0.512 e. The standard InChI is InChI=1S/C12H18O4/c1-8(2)4-5-9-10(13)6-12(15,16-3)7-11(9)14/h4,6,13-15H,5,7H2,1-3H3. The summed E-state index contributed by atoms with van der Waals surface area (Å²) in [5, 5.41) is 29.2. The van der Waals surface area contributed by atoms with E-state index in [0.29, 0.717) is 12.0 Å². The van der Waals surface area contributed by atoms with Gasteiger partial charge in [-0.1, -0.05) is 11.6 Å². The molecule has 0 bridgehead atoms. The summed E-state index contributed by atoms with van der Waals surface area (Å²) >= 11 is 0. The molecular formula is C12H18O4. The number of ether oxygens (including phenoxy) is 1. The highest BCUT2D eigenvalue weighted by molar-refractivity contribution is 5.36. The molecule has 0 saturated heterocycles. The first-order chi connectivity index (χ1) is 7.38. The van der Waals surface area contributed by atoms with Gasteiger partial charge in [0, 0.05) is 18.8 Å². The Hall–Kier alpha value is -1.26. The maximum absolute atomic E-state index is 9.75. The van der Waals surface area contributed by atoms with E-state index in [1.165, 1.54) is 13.2 Å². The molecule has 0 heterocycles. The SMILES string of the molecule is COC1(O)C=C(O)C(CC=C(C)C)=C(O)C1. The molecular weight excluding hydrogens is 208 g/mol. The topological polar surface area (TPSA) is 69.9 Å². The summed E-state index contributed by atoms with van der Waals surface area (Å²) in [4.78, 5) is 0. The van der Waals surface area contributed by atoms with Gasteiger partial charge < -0.3 is 20.1 Å². The summed E-state index contributed by atoms with van der Waals surface area (Å²) in [5.74, 6) is -1.78. The van der Waals surface area contributed by atoms with Crippen LogP contribution in [-0.2, 0) is 4.74 Å². The fourth-order valence-corrected chi connectivity index (χ4v) is 1.51. The third-order valence-corrected chi connectivity index (χ3v) is 2.51. The van der Waals surface area contributed by atoms with Crippen LogP contribution in [0.1, 0.15) is 26.7 Å². The second kappa shape index (κ2) is 4.72. The lowest BCUT2D eigenvalue weighted by molar-refractivity contribution is -0.151. The number of aliphatic hydroxyl groups excluding tert-OH is 2. The lowest BCUT2D eigenvalue weighted by Crippen LogP contribution is -2.32. The van der Waals surface area contributed by atoms with E-state index in [9.17, 15) is 15.3 Å². The average molecular weight is 226 g/mol. The summed E-state index contributed by atoms with van der Waals surface area (Å²) in [6.07, 6.45) is 3.50. The number of hydrogen-bond acceptors (Lipinski definition) is 4. The van der Waals surface area contributed by atoms with Crippen molar-refractivity contribution in [1.29, 1.82) is 0 Å². The van der Waals surface area contributed by atoms with Crippen LogP contribution in [0.25, 0.3) is 0 Å². The summed E-state index contributed by atoms with van der Waals surface area (Å²) in [5.41, 5.74) is 1.53. The zero-order chi connectivity index (χ0) is 12.3. The normalized spacial score (nSPS) is 25.4. The van der Waals surface area contributed by atoms with Crippen molar-refractivity contribution >= 4 is 0 Å². The Kier molecular flexibility index (Phi) is 3.78. The van der Waals surface area contributed by atoms with E-state index in [0.717, 1.165) is 5.57 Å². The molecule has 0 amide bonds. The van der Waals surface area contributed by atoms with Crippen LogP contribution in [0.2, 0.25) is 0 Å². The average Bonchev–Trinajstić information content (AvgIpc) is 2.15. The maximum Gasteiger partial charge on any atom is 0.195 e. The van der Waals surface area contributed by atoms with Gasteiger partial charge in [0.1, 0.15) is 11.5 Å². The number of allylic oxidation sites excluding steroid dienone is 3. The molecule has 1 atom stereocenters. The van der Waals surface area contributed by atoms with Crippen LogP contribution < -0.4 is 0 Å². The van der Waals surface area contributed by atoms with Crippen molar-refractivity contribution in [3.63, 3.8) is 0 Å². The van der Waals surface area contributed by atoms with Gasteiger partial charge in [0.25, 0.3) is 0 Å². The van der Waals surface area contributed by atoms with Crippen molar-refractivity contribution in [2.45, 2.75) is 32.5 Å². The fraction of sp³-hybridized carbons (Fsp3) is 0.500. The van der Waals surface area contributed by atoms with Crippen LogP contribution in [0.4, 0.5) is 0 Å². The molecule has 0 radical (unpaired) electrons. The quantitative estimate of drug-likeness (QED) is 0.510. The first kappa shape index (κ1) is 12.8. The minimum absolute atomic E-state index is 0.0400. The van der Waals surface area contributed by atoms with Crippen molar-refractivity contribution in [2.24, 2.45) is 0 Å². The van der Waals surface area contributed by atoms with Crippen LogP contribution in [0, 0.1) is 0 Å². The first-order valence-electron chi connectivity index (χ1n) is 5.12. The molecule has 0 spiro atoms. The first-order valence-corrected chi connectivity index (χ1v) is 5.12. The van der Waals surface area contributed by atoms with Crippen molar-refractivity contribution in [2.75, 3.05) is 7.11 Å². The van der Waals surface area contributed by atoms with E-state index >= 15 is 0 Å². The molecule has 0 aromatic carbocycles. The number of rotatable bonds is 3. The van der Waals surface area contributed by atoms with Gasteiger partial charge in [0.15, 0.2) is 5.79 Å². The van der Waals surface area contributed by atoms with Gasteiger partial charge in [-0.2, -0.15) is 0 Å². The van der Waals surface area contributed by atoms with Gasteiger partial charge >= 0.3 is 0 Å². The van der Waals surface area contributed by atoms with Gasteiger partial charge in [-0.3, -0.25) is 0 Å². The third kappa shape index (κ3) is 2.87. The van der Waals surface area contributed by atoms with Gasteiger partial charge in [-0.25, -0.2) is 0 Å². The van der Waals surface area contributed by atoms with Gasteiger partial charge in [-0.15, -0.1) is 0 Å². The fourth-order valence-electron chi connectivity index (χ4n) is 1.51. The summed E-state index contributed by atoms with van der Waals surface area (Å²) < 4.78 is 4.80. The van der Waals surface area contributed by atoms with E-state index < -0.39 is 5.79 Å². The largest absolute Gasteiger partial charge is 0.512 e. The highest BCUT2D eigenvalue weighted by atomic mass is 16.6. The van der Waals surface area contributed by atoms with Crippen LogP contribution in [0.5, 0.6) is 0 Å². The Morgan fingerprint density at radius 2 is 2.12 bits per heavy atom. The molecule has 3 N–H and O–H groups in total.